The van der Waals surface area contributed by atoms with Gasteiger partial charge in [0.25, 0.3) is 0 Å². The van der Waals surface area contributed by atoms with Gasteiger partial charge in [0.2, 0.25) is 10.0 Å². The third kappa shape index (κ3) is 3.87. The molecule has 0 bridgehead atoms. The van der Waals surface area contributed by atoms with Crippen LogP contribution >= 0.6 is 12.4 Å². The fourth-order valence-corrected chi connectivity index (χ4v) is 4.30. The lowest BCUT2D eigenvalue weighted by molar-refractivity contribution is 0.326. The van der Waals surface area contributed by atoms with Crippen LogP contribution in [0.15, 0.2) is 0 Å². The van der Waals surface area contributed by atoms with E-state index < -0.39 is 10.0 Å². The van der Waals surface area contributed by atoms with Gasteiger partial charge < -0.3 is 5.73 Å². The van der Waals surface area contributed by atoms with Gasteiger partial charge >= 0.3 is 0 Å². The molecule has 0 aromatic carbocycles. The Bertz CT molecular complexity index is 309. The van der Waals surface area contributed by atoms with Crippen molar-refractivity contribution in [3.05, 3.63) is 0 Å². The summed E-state index contributed by atoms with van der Waals surface area (Å²) in [6.07, 6.45) is 6.12. The van der Waals surface area contributed by atoms with Gasteiger partial charge in [0, 0.05) is 12.1 Å². The molecular weight excluding hydrogens is 248 g/mol. The van der Waals surface area contributed by atoms with E-state index in [-0.39, 0.29) is 24.5 Å². The average Bonchev–Trinajstić information content (AvgIpc) is 2.52. The Hall–Kier alpha value is 0.160. The monoisotopic (exact) mass is 268 g/mol. The van der Waals surface area contributed by atoms with Crippen molar-refractivity contribution in [3.63, 3.8) is 0 Å². The Kier molecular flexibility index (Phi) is 5.04. The summed E-state index contributed by atoms with van der Waals surface area (Å²) in [7, 11) is -3.05. The van der Waals surface area contributed by atoms with E-state index >= 15 is 0 Å². The molecule has 2 fully saturated rings. The maximum absolute atomic E-state index is 11.7. The van der Waals surface area contributed by atoms with Crippen LogP contribution in [0.1, 0.15) is 38.5 Å². The molecule has 0 atom stereocenters. The van der Waals surface area contributed by atoms with Crippen molar-refractivity contribution < 1.29 is 8.42 Å². The van der Waals surface area contributed by atoms with E-state index in [1.807, 2.05) is 0 Å². The zero-order valence-electron chi connectivity index (χ0n) is 9.39. The van der Waals surface area contributed by atoms with Crippen LogP contribution in [-0.2, 0) is 10.0 Å². The summed E-state index contributed by atoms with van der Waals surface area (Å²) in [6.45, 7) is 0. The van der Waals surface area contributed by atoms with Crippen LogP contribution in [0.4, 0.5) is 0 Å². The van der Waals surface area contributed by atoms with Crippen LogP contribution in [0, 0.1) is 5.92 Å². The van der Waals surface area contributed by atoms with Crippen molar-refractivity contribution in [1.29, 1.82) is 0 Å². The first kappa shape index (κ1) is 14.2. The van der Waals surface area contributed by atoms with Crippen molar-refractivity contribution in [2.45, 2.75) is 50.6 Å². The molecule has 0 aliphatic heterocycles. The Morgan fingerprint density at radius 2 is 1.75 bits per heavy atom. The van der Waals surface area contributed by atoms with Crippen LogP contribution in [0.5, 0.6) is 0 Å². The van der Waals surface area contributed by atoms with Crippen LogP contribution in [0.2, 0.25) is 0 Å². The first-order valence-electron chi connectivity index (χ1n) is 5.81. The summed E-state index contributed by atoms with van der Waals surface area (Å²) < 4.78 is 26.2. The van der Waals surface area contributed by atoms with Gasteiger partial charge in [0.05, 0.1) is 5.75 Å². The third-order valence-corrected chi connectivity index (χ3v) is 5.05. The fraction of sp³-hybridized carbons (Fsp3) is 1.00. The van der Waals surface area contributed by atoms with Crippen molar-refractivity contribution in [1.82, 2.24) is 4.72 Å². The molecule has 16 heavy (non-hydrogen) atoms. The summed E-state index contributed by atoms with van der Waals surface area (Å²) in [5, 5.41) is 0. The predicted octanol–water partition coefficient (Wildman–Crippen LogP) is 1.01. The molecule has 2 aliphatic carbocycles. The number of sulfonamides is 1. The summed E-state index contributed by atoms with van der Waals surface area (Å²) >= 11 is 0. The molecule has 0 spiro atoms. The predicted molar refractivity (Wildman–Crippen MR) is 67.1 cm³/mol. The highest BCUT2D eigenvalue weighted by atomic mass is 35.5. The number of rotatable bonds is 4. The molecule has 2 rings (SSSR count). The molecule has 6 heteroatoms. The SMILES string of the molecule is Cl.NC1CC(NS(=O)(=O)CC2CCCC2)C1. The molecule has 0 aromatic heterocycles. The number of hydrogen-bond acceptors (Lipinski definition) is 3. The second kappa shape index (κ2) is 5.67. The normalized spacial score (nSPS) is 30.8. The quantitative estimate of drug-likeness (QED) is 0.799. The Labute approximate surface area is 104 Å². The molecule has 0 amide bonds. The van der Waals surface area contributed by atoms with Crippen molar-refractivity contribution >= 4 is 22.4 Å². The van der Waals surface area contributed by atoms with Crippen molar-refractivity contribution in [3.8, 4) is 0 Å². The average molecular weight is 269 g/mol. The highest BCUT2D eigenvalue weighted by Gasteiger charge is 2.31. The van der Waals surface area contributed by atoms with Crippen LogP contribution in [0.3, 0.4) is 0 Å². The number of halogens is 1. The molecule has 4 nitrogen and oxygen atoms in total. The Morgan fingerprint density at radius 3 is 2.25 bits per heavy atom. The summed E-state index contributed by atoms with van der Waals surface area (Å²) in [5.74, 6) is 0.704. The highest BCUT2D eigenvalue weighted by Crippen LogP contribution is 2.26. The molecule has 0 saturated heterocycles. The number of hydrogen-bond donors (Lipinski definition) is 2. The largest absolute Gasteiger partial charge is 0.328 e. The second-order valence-corrected chi connectivity index (χ2v) is 6.78. The first-order chi connectivity index (χ1) is 7.05. The molecule has 0 aromatic rings. The van der Waals surface area contributed by atoms with Gasteiger partial charge in [-0.1, -0.05) is 12.8 Å². The molecule has 2 saturated carbocycles. The van der Waals surface area contributed by atoms with E-state index in [0.717, 1.165) is 25.7 Å². The Balaban J connectivity index is 0.00000128. The highest BCUT2D eigenvalue weighted by molar-refractivity contribution is 7.89. The first-order valence-corrected chi connectivity index (χ1v) is 7.46. The number of nitrogens with one attached hydrogen (secondary N) is 1. The molecule has 0 unspecified atom stereocenters. The summed E-state index contributed by atoms with van der Waals surface area (Å²) in [5.41, 5.74) is 5.62. The van der Waals surface area contributed by atoms with Crippen LogP contribution < -0.4 is 10.5 Å². The van der Waals surface area contributed by atoms with Gasteiger partial charge in [-0.25, -0.2) is 13.1 Å². The van der Waals surface area contributed by atoms with Crippen molar-refractivity contribution in [2.24, 2.45) is 11.7 Å². The summed E-state index contributed by atoms with van der Waals surface area (Å²) in [4.78, 5) is 0. The lowest BCUT2D eigenvalue weighted by Crippen LogP contribution is -2.51. The molecule has 2 aliphatic rings. The molecule has 3 N–H and O–H groups in total. The van der Waals surface area contributed by atoms with Gasteiger partial charge in [0.1, 0.15) is 0 Å². The van der Waals surface area contributed by atoms with Gasteiger partial charge in [-0.2, -0.15) is 0 Å². The summed E-state index contributed by atoms with van der Waals surface area (Å²) in [6, 6.07) is 0.301. The van der Waals surface area contributed by atoms with Gasteiger partial charge in [0.15, 0.2) is 0 Å². The van der Waals surface area contributed by atoms with Gasteiger partial charge in [-0.3, -0.25) is 0 Å². The van der Waals surface area contributed by atoms with Crippen LogP contribution in [0.25, 0.3) is 0 Å². The maximum Gasteiger partial charge on any atom is 0.212 e. The van der Waals surface area contributed by atoms with E-state index in [0.29, 0.717) is 11.7 Å². The second-order valence-electron chi connectivity index (χ2n) is 4.98. The lowest BCUT2D eigenvalue weighted by atomic mass is 9.89. The molecule has 0 radical (unpaired) electrons. The minimum Gasteiger partial charge on any atom is -0.328 e. The molecule has 0 heterocycles. The number of nitrogens with two attached hydrogens (primary N) is 1. The smallest absolute Gasteiger partial charge is 0.212 e. The third-order valence-electron chi connectivity index (χ3n) is 3.45. The maximum atomic E-state index is 11.7. The standard InChI is InChI=1S/C10H20N2O2S.ClH/c11-9-5-10(6-9)12-15(13,14)7-8-3-1-2-4-8;/h8-10,12H,1-7,11H2;1H. The van der Waals surface area contributed by atoms with Crippen molar-refractivity contribution in [2.75, 3.05) is 5.75 Å². The topological polar surface area (TPSA) is 72.2 Å². The van der Waals surface area contributed by atoms with Gasteiger partial charge in [-0.15, -0.1) is 12.4 Å². The Morgan fingerprint density at radius 1 is 1.19 bits per heavy atom. The molecular formula is C10H21ClN2O2S. The fourth-order valence-electron chi connectivity index (χ4n) is 2.55. The van der Waals surface area contributed by atoms with E-state index in [4.69, 9.17) is 5.73 Å². The zero-order chi connectivity index (χ0) is 10.9. The minimum atomic E-state index is -3.05. The zero-order valence-corrected chi connectivity index (χ0v) is 11.0. The molecule has 96 valence electrons. The van der Waals surface area contributed by atoms with E-state index in [2.05, 4.69) is 4.72 Å². The van der Waals surface area contributed by atoms with E-state index in [1.165, 1.54) is 12.8 Å². The van der Waals surface area contributed by atoms with Crippen LogP contribution in [-0.4, -0.2) is 26.3 Å². The van der Waals surface area contributed by atoms with E-state index in [9.17, 15) is 8.42 Å². The van der Waals surface area contributed by atoms with E-state index in [1.54, 1.807) is 0 Å². The lowest BCUT2D eigenvalue weighted by Gasteiger charge is -2.32. The van der Waals surface area contributed by atoms with Gasteiger partial charge in [-0.05, 0) is 31.6 Å². The minimum absolute atomic E-state index is 0.